The summed E-state index contributed by atoms with van der Waals surface area (Å²) in [6, 6.07) is 19.0. The SMILES string of the molecule is O=C(CSc1nc2ccccc2c(=O)n1-c1cc(F)cc(F)c1)c1nc(-c2ccccc2)cs1. The number of Topliss-reactive ketones (excluding diaryl/α,β-unsaturated/α-hetero) is 1. The summed E-state index contributed by atoms with van der Waals surface area (Å²) in [5.41, 5.74) is 1.55. The zero-order chi connectivity index (χ0) is 23.7. The van der Waals surface area contributed by atoms with Crippen LogP contribution >= 0.6 is 23.1 Å². The molecule has 0 aliphatic rings. The second kappa shape index (κ2) is 9.28. The molecule has 5 nitrogen and oxygen atoms in total. The van der Waals surface area contributed by atoms with E-state index in [9.17, 15) is 18.4 Å². The van der Waals surface area contributed by atoms with Crippen LogP contribution in [0.5, 0.6) is 0 Å². The van der Waals surface area contributed by atoms with Crippen molar-refractivity contribution in [2.45, 2.75) is 5.16 Å². The Labute approximate surface area is 200 Å². The summed E-state index contributed by atoms with van der Waals surface area (Å²) in [5, 5.41) is 2.60. The third-order valence-corrected chi connectivity index (χ3v) is 6.82. The van der Waals surface area contributed by atoms with Gasteiger partial charge in [-0.05, 0) is 24.3 Å². The first-order chi connectivity index (χ1) is 16.5. The molecular formula is C25H15F2N3O2S2. The first kappa shape index (κ1) is 22.1. The molecular weight excluding hydrogens is 476 g/mol. The van der Waals surface area contributed by atoms with Crippen molar-refractivity contribution in [3.8, 4) is 16.9 Å². The van der Waals surface area contributed by atoms with Gasteiger partial charge in [-0.15, -0.1) is 11.3 Å². The molecule has 0 amide bonds. The lowest BCUT2D eigenvalue weighted by molar-refractivity contribution is 0.102. The molecule has 0 radical (unpaired) electrons. The Hall–Kier alpha value is -3.69. The van der Waals surface area contributed by atoms with E-state index in [0.29, 0.717) is 21.6 Å². The summed E-state index contributed by atoms with van der Waals surface area (Å²) in [5.74, 6) is -1.93. The topological polar surface area (TPSA) is 64.8 Å². The summed E-state index contributed by atoms with van der Waals surface area (Å²) < 4.78 is 29.0. The molecule has 0 bridgehead atoms. The highest BCUT2D eigenvalue weighted by molar-refractivity contribution is 7.99. The molecule has 3 aromatic carbocycles. The van der Waals surface area contributed by atoms with Crippen LogP contribution in [-0.4, -0.2) is 26.1 Å². The van der Waals surface area contributed by atoms with E-state index >= 15 is 0 Å². The number of aromatic nitrogens is 3. The fourth-order valence-electron chi connectivity index (χ4n) is 3.44. The highest BCUT2D eigenvalue weighted by Crippen LogP contribution is 2.26. The highest BCUT2D eigenvalue weighted by atomic mass is 32.2. The van der Waals surface area contributed by atoms with Gasteiger partial charge >= 0.3 is 0 Å². The molecule has 0 saturated carbocycles. The number of para-hydroxylation sites is 1. The van der Waals surface area contributed by atoms with Crippen LogP contribution in [0.1, 0.15) is 9.80 Å². The first-order valence-electron chi connectivity index (χ1n) is 10.1. The number of ketones is 1. The second-order valence-corrected chi connectivity index (χ2v) is 9.10. The maximum Gasteiger partial charge on any atom is 0.266 e. The van der Waals surface area contributed by atoms with Gasteiger partial charge in [0.25, 0.3) is 5.56 Å². The molecule has 5 rings (SSSR count). The van der Waals surface area contributed by atoms with Crippen molar-refractivity contribution >= 4 is 39.8 Å². The summed E-state index contributed by atoms with van der Waals surface area (Å²) in [7, 11) is 0. The number of nitrogens with zero attached hydrogens (tertiary/aromatic N) is 3. The second-order valence-electron chi connectivity index (χ2n) is 7.30. The van der Waals surface area contributed by atoms with Gasteiger partial charge in [-0.25, -0.2) is 18.7 Å². The van der Waals surface area contributed by atoms with Crippen molar-refractivity contribution in [2.75, 3.05) is 5.75 Å². The molecule has 5 aromatic rings. The van der Waals surface area contributed by atoms with Crippen LogP contribution in [0, 0.1) is 11.6 Å². The largest absolute Gasteiger partial charge is 0.291 e. The molecule has 168 valence electrons. The number of thioether (sulfide) groups is 1. The number of hydrogen-bond donors (Lipinski definition) is 0. The number of rotatable bonds is 6. The quantitative estimate of drug-likeness (QED) is 0.172. The number of thiazole rings is 1. The van der Waals surface area contributed by atoms with Crippen LogP contribution in [0.4, 0.5) is 8.78 Å². The molecule has 9 heteroatoms. The van der Waals surface area contributed by atoms with Gasteiger partial charge in [-0.1, -0.05) is 54.2 Å². The van der Waals surface area contributed by atoms with E-state index in [4.69, 9.17) is 0 Å². The Morgan fingerprint density at radius 1 is 0.941 bits per heavy atom. The van der Waals surface area contributed by atoms with Gasteiger partial charge in [0.05, 0.1) is 28.0 Å². The molecule has 0 N–H and O–H groups in total. The third-order valence-electron chi connectivity index (χ3n) is 5.00. The number of carbonyl (C=O) groups is 1. The van der Waals surface area contributed by atoms with Gasteiger partial charge < -0.3 is 0 Å². The summed E-state index contributed by atoms with van der Waals surface area (Å²) in [6.45, 7) is 0. The van der Waals surface area contributed by atoms with Crippen LogP contribution in [-0.2, 0) is 0 Å². The van der Waals surface area contributed by atoms with Crippen molar-refractivity contribution in [1.82, 2.24) is 14.5 Å². The zero-order valence-corrected chi connectivity index (χ0v) is 19.1. The van der Waals surface area contributed by atoms with E-state index in [0.717, 1.165) is 40.1 Å². The Balaban J connectivity index is 1.49. The van der Waals surface area contributed by atoms with E-state index in [1.54, 1.807) is 24.3 Å². The number of fused-ring (bicyclic) bond motifs is 1. The monoisotopic (exact) mass is 491 g/mol. The smallest absolute Gasteiger partial charge is 0.266 e. The van der Waals surface area contributed by atoms with Gasteiger partial charge in [0.1, 0.15) is 11.6 Å². The molecule has 0 spiro atoms. The molecule has 2 heterocycles. The average molecular weight is 492 g/mol. The summed E-state index contributed by atoms with van der Waals surface area (Å²) >= 11 is 2.25. The standard InChI is InChI=1S/C25H15F2N3O2S2/c26-16-10-17(27)12-18(11-16)30-24(32)19-8-4-5-9-20(19)29-25(30)34-14-22(31)23-28-21(13-33-23)15-6-2-1-3-7-15/h1-13H,14H2. The highest BCUT2D eigenvalue weighted by Gasteiger charge is 2.18. The molecule has 0 unspecified atom stereocenters. The normalized spacial score (nSPS) is 11.1. The number of carbonyl (C=O) groups excluding carboxylic acids is 1. The fourth-order valence-corrected chi connectivity index (χ4v) is 5.18. The van der Waals surface area contributed by atoms with Gasteiger partial charge in [0, 0.05) is 17.0 Å². The van der Waals surface area contributed by atoms with Crippen molar-refractivity contribution in [1.29, 1.82) is 0 Å². The maximum absolute atomic E-state index is 13.9. The van der Waals surface area contributed by atoms with E-state index in [1.807, 2.05) is 35.7 Å². The number of hydrogen-bond acceptors (Lipinski definition) is 6. The van der Waals surface area contributed by atoms with Crippen molar-refractivity contribution in [3.05, 3.63) is 105 Å². The minimum atomic E-state index is -0.821. The fraction of sp³-hybridized carbons (Fsp3) is 0.0400. The predicted molar refractivity (Wildman–Crippen MR) is 130 cm³/mol. The maximum atomic E-state index is 13.9. The van der Waals surface area contributed by atoms with Crippen molar-refractivity contribution in [2.24, 2.45) is 0 Å². The Kier molecular flexibility index (Phi) is 6.04. The molecule has 0 atom stereocenters. The summed E-state index contributed by atoms with van der Waals surface area (Å²) in [6.07, 6.45) is 0. The Morgan fingerprint density at radius 2 is 1.65 bits per heavy atom. The van der Waals surface area contributed by atoms with E-state index in [-0.39, 0.29) is 22.4 Å². The lowest BCUT2D eigenvalue weighted by atomic mass is 10.2. The van der Waals surface area contributed by atoms with E-state index < -0.39 is 17.2 Å². The molecule has 2 aromatic heterocycles. The molecule has 0 saturated heterocycles. The van der Waals surface area contributed by atoms with Gasteiger partial charge in [-0.3, -0.25) is 14.2 Å². The lowest BCUT2D eigenvalue weighted by Gasteiger charge is -2.13. The van der Waals surface area contributed by atoms with Crippen LogP contribution < -0.4 is 5.56 Å². The minimum absolute atomic E-state index is 0.00341. The van der Waals surface area contributed by atoms with Crippen molar-refractivity contribution < 1.29 is 13.6 Å². The Bertz CT molecular complexity index is 1560. The zero-order valence-electron chi connectivity index (χ0n) is 17.4. The number of benzene rings is 3. The first-order valence-corrected chi connectivity index (χ1v) is 12.0. The van der Waals surface area contributed by atoms with Crippen LogP contribution in [0.15, 0.2) is 88.1 Å². The van der Waals surface area contributed by atoms with Gasteiger partial charge in [-0.2, -0.15) is 0 Å². The lowest BCUT2D eigenvalue weighted by Crippen LogP contribution is -2.22. The third kappa shape index (κ3) is 4.40. The molecule has 34 heavy (non-hydrogen) atoms. The van der Waals surface area contributed by atoms with Crippen LogP contribution in [0.2, 0.25) is 0 Å². The molecule has 0 aliphatic carbocycles. The molecule has 0 aliphatic heterocycles. The van der Waals surface area contributed by atoms with Gasteiger partial charge in [0.15, 0.2) is 10.2 Å². The summed E-state index contributed by atoms with van der Waals surface area (Å²) in [4.78, 5) is 35.0. The van der Waals surface area contributed by atoms with Gasteiger partial charge in [0.2, 0.25) is 5.78 Å². The van der Waals surface area contributed by atoms with E-state index in [2.05, 4.69) is 9.97 Å². The minimum Gasteiger partial charge on any atom is -0.291 e. The van der Waals surface area contributed by atoms with Crippen LogP contribution in [0.3, 0.4) is 0 Å². The van der Waals surface area contributed by atoms with Crippen molar-refractivity contribution in [3.63, 3.8) is 0 Å². The van der Waals surface area contributed by atoms with E-state index in [1.165, 1.54) is 11.3 Å². The average Bonchev–Trinajstić information content (AvgIpc) is 3.33. The predicted octanol–water partition coefficient (Wildman–Crippen LogP) is 5.76. The number of halogens is 2. The molecule has 0 fully saturated rings. The van der Waals surface area contributed by atoms with Crippen LogP contribution in [0.25, 0.3) is 27.8 Å². The Morgan fingerprint density at radius 3 is 2.41 bits per heavy atom.